The van der Waals surface area contributed by atoms with Crippen LogP contribution < -0.4 is 10.1 Å². The summed E-state index contributed by atoms with van der Waals surface area (Å²) in [5.41, 5.74) is 0. The molecule has 2 N–H and O–H groups in total. The molecule has 0 radical (unpaired) electrons. The van der Waals surface area contributed by atoms with E-state index in [2.05, 4.69) is 27.3 Å². The van der Waals surface area contributed by atoms with Gasteiger partial charge in [-0.05, 0) is 53.7 Å². The van der Waals surface area contributed by atoms with E-state index in [9.17, 15) is 5.11 Å². The van der Waals surface area contributed by atoms with Crippen molar-refractivity contribution in [3.63, 3.8) is 0 Å². The van der Waals surface area contributed by atoms with Crippen LogP contribution in [0.25, 0.3) is 0 Å². The molecule has 2 atom stereocenters. The molecule has 5 heteroatoms. The Labute approximate surface area is 121 Å². The van der Waals surface area contributed by atoms with E-state index in [0.717, 1.165) is 41.9 Å². The SMILES string of the molecule is COc1sc(CNCC2CCCC(O)C2)cc1Br. The molecule has 1 fully saturated rings. The van der Waals surface area contributed by atoms with E-state index in [0.29, 0.717) is 5.92 Å². The number of thiophene rings is 1. The Morgan fingerprint density at radius 2 is 2.39 bits per heavy atom. The second-order valence-corrected chi connectivity index (χ2v) is 6.82. The van der Waals surface area contributed by atoms with Gasteiger partial charge in [-0.3, -0.25) is 0 Å². The van der Waals surface area contributed by atoms with E-state index >= 15 is 0 Å². The first-order chi connectivity index (χ1) is 8.69. The van der Waals surface area contributed by atoms with Crippen LogP contribution in [-0.4, -0.2) is 24.9 Å². The molecule has 0 spiro atoms. The molecule has 1 aliphatic rings. The molecular weight excluding hydrogens is 314 g/mol. The lowest BCUT2D eigenvalue weighted by molar-refractivity contribution is 0.101. The Kier molecular flexibility index (Phi) is 5.48. The summed E-state index contributed by atoms with van der Waals surface area (Å²) < 4.78 is 6.27. The van der Waals surface area contributed by atoms with Gasteiger partial charge in [-0.2, -0.15) is 0 Å². The van der Waals surface area contributed by atoms with E-state index in [4.69, 9.17) is 4.74 Å². The fourth-order valence-electron chi connectivity index (χ4n) is 2.47. The minimum absolute atomic E-state index is 0.0819. The number of rotatable bonds is 5. The third kappa shape index (κ3) is 3.95. The maximum atomic E-state index is 9.62. The lowest BCUT2D eigenvalue weighted by atomic mass is 9.87. The molecule has 18 heavy (non-hydrogen) atoms. The van der Waals surface area contributed by atoms with Crippen LogP contribution in [0.4, 0.5) is 0 Å². The van der Waals surface area contributed by atoms with Crippen molar-refractivity contribution in [2.24, 2.45) is 5.92 Å². The monoisotopic (exact) mass is 333 g/mol. The molecule has 0 saturated heterocycles. The second-order valence-electron chi connectivity index (χ2n) is 4.87. The fraction of sp³-hybridized carbons (Fsp3) is 0.692. The summed E-state index contributed by atoms with van der Waals surface area (Å²) in [6, 6.07) is 2.10. The van der Waals surface area contributed by atoms with Gasteiger partial charge in [0.05, 0.1) is 17.7 Å². The third-order valence-electron chi connectivity index (χ3n) is 3.38. The maximum absolute atomic E-state index is 9.62. The van der Waals surface area contributed by atoms with Gasteiger partial charge in [-0.25, -0.2) is 0 Å². The Morgan fingerprint density at radius 1 is 1.56 bits per heavy atom. The molecule has 0 aromatic carbocycles. The summed E-state index contributed by atoms with van der Waals surface area (Å²) in [4.78, 5) is 1.27. The molecule has 1 aromatic heterocycles. The second kappa shape index (κ2) is 6.89. The predicted molar refractivity (Wildman–Crippen MR) is 78.2 cm³/mol. The highest BCUT2D eigenvalue weighted by molar-refractivity contribution is 9.10. The molecule has 0 aliphatic heterocycles. The topological polar surface area (TPSA) is 41.5 Å². The van der Waals surface area contributed by atoms with Crippen molar-refractivity contribution in [1.82, 2.24) is 5.32 Å². The van der Waals surface area contributed by atoms with Crippen molar-refractivity contribution in [2.75, 3.05) is 13.7 Å². The number of hydrogen-bond acceptors (Lipinski definition) is 4. The van der Waals surface area contributed by atoms with Crippen LogP contribution in [0.3, 0.4) is 0 Å². The summed E-state index contributed by atoms with van der Waals surface area (Å²) >= 11 is 5.14. The zero-order chi connectivity index (χ0) is 13.0. The average Bonchev–Trinajstić information content (AvgIpc) is 2.70. The minimum atomic E-state index is -0.0819. The van der Waals surface area contributed by atoms with Gasteiger partial charge in [0.15, 0.2) is 5.06 Å². The van der Waals surface area contributed by atoms with Crippen LogP contribution in [0, 0.1) is 5.92 Å². The Balaban J connectivity index is 1.74. The van der Waals surface area contributed by atoms with Gasteiger partial charge in [-0.1, -0.05) is 6.42 Å². The molecular formula is C13H20BrNO2S. The summed E-state index contributed by atoms with van der Waals surface area (Å²) in [5.74, 6) is 0.624. The highest BCUT2D eigenvalue weighted by Gasteiger charge is 2.19. The number of ether oxygens (including phenoxy) is 1. The van der Waals surface area contributed by atoms with E-state index < -0.39 is 0 Å². The van der Waals surface area contributed by atoms with Crippen molar-refractivity contribution in [1.29, 1.82) is 0 Å². The average molecular weight is 334 g/mol. The smallest absolute Gasteiger partial charge is 0.188 e. The molecule has 1 aliphatic carbocycles. The van der Waals surface area contributed by atoms with Crippen LogP contribution in [-0.2, 0) is 6.54 Å². The van der Waals surface area contributed by atoms with Crippen LogP contribution >= 0.6 is 27.3 Å². The number of halogens is 1. The van der Waals surface area contributed by atoms with Crippen LogP contribution in [0.1, 0.15) is 30.6 Å². The summed E-state index contributed by atoms with van der Waals surface area (Å²) in [6.07, 6.45) is 4.24. The van der Waals surface area contributed by atoms with Crippen molar-refractivity contribution in [3.05, 3.63) is 15.4 Å². The van der Waals surface area contributed by atoms with Gasteiger partial charge in [0, 0.05) is 11.4 Å². The van der Waals surface area contributed by atoms with Gasteiger partial charge in [-0.15, -0.1) is 11.3 Å². The van der Waals surface area contributed by atoms with Crippen molar-refractivity contribution in [2.45, 2.75) is 38.3 Å². The number of nitrogens with one attached hydrogen (secondary N) is 1. The van der Waals surface area contributed by atoms with Gasteiger partial charge >= 0.3 is 0 Å². The summed E-state index contributed by atoms with van der Waals surface area (Å²) in [6.45, 7) is 1.87. The van der Waals surface area contributed by atoms with Gasteiger partial charge in [0.2, 0.25) is 0 Å². The standard InChI is InChI=1S/C13H20BrNO2S/c1-17-13-12(14)6-11(18-13)8-15-7-9-3-2-4-10(16)5-9/h6,9-10,15-16H,2-5,7-8H2,1H3. The van der Waals surface area contributed by atoms with Crippen LogP contribution in [0.15, 0.2) is 10.5 Å². The molecule has 102 valence electrons. The van der Waals surface area contributed by atoms with Gasteiger partial charge in [0.25, 0.3) is 0 Å². The number of hydrogen-bond donors (Lipinski definition) is 2. The molecule has 1 saturated carbocycles. The minimum Gasteiger partial charge on any atom is -0.486 e. The first kappa shape index (κ1) is 14.3. The first-order valence-electron chi connectivity index (χ1n) is 6.40. The van der Waals surface area contributed by atoms with Crippen LogP contribution in [0.5, 0.6) is 5.06 Å². The van der Waals surface area contributed by atoms with Crippen molar-refractivity contribution >= 4 is 27.3 Å². The molecule has 2 unspecified atom stereocenters. The molecule has 1 heterocycles. The number of aliphatic hydroxyl groups is 1. The van der Waals surface area contributed by atoms with Crippen molar-refractivity contribution < 1.29 is 9.84 Å². The highest BCUT2D eigenvalue weighted by Crippen LogP contribution is 2.34. The first-order valence-corrected chi connectivity index (χ1v) is 8.01. The van der Waals surface area contributed by atoms with E-state index in [-0.39, 0.29) is 6.10 Å². The zero-order valence-corrected chi connectivity index (χ0v) is 13.0. The Hall–Kier alpha value is -0.100. The molecule has 0 amide bonds. The lowest BCUT2D eigenvalue weighted by Crippen LogP contribution is -2.28. The molecule has 3 nitrogen and oxygen atoms in total. The normalized spacial score (nSPS) is 24.2. The zero-order valence-electron chi connectivity index (χ0n) is 10.6. The maximum Gasteiger partial charge on any atom is 0.188 e. The predicted octanol–water partition coefficient (Wildman–Crippen LogP) is 3.16. The van der Waals surface area contributed by atoms with E-state index in [1.807, 2.05) is 0 Å². The lowest BCUT2D eigenvalue weighted by Gasteiger charge is -2.25. The molecule has 2 rings (SSSR count). The fourth-order valence-corrected chi connectivity index (χ4v) is 4.13. The quantitative estimate of drug-likeness (QED) is 0.869. The largest absolute Gasteiger partial charge is 0.486 e. The van der Waals surface area contributed by atoms with Crippen molar-refractivity contribution in [3.8, 4) is 5.06 Å². The highest BCUT2D eigenvalue weighted by atomic mass is 79.9. The Morgan fingerprint density at radius 3 is 3.06 bits per heavy atom. The summed E-state index contributed by atoms with van der Waals surface area (Å²) in [7, 11) is 1.69. The van der Waals surface area contributed by atoms with E-state index in [1.54, 1.807) is 18.4 Å². The van der Waals surface area contributed by atoms with E-state index in [1.165, 1.54) is 11.3 Å². The Bertz CT molecular complexity index is 383. The molecule has 0 bridgehead atoms. The van der Waals surface area contributed by atoms with Crippen LogP contribution in [0.2, 0.25) is 0 Å². The third-order valence-corrected chi connectivity index (χ3v) is 5.33. The number of aliphatic hydroxyl groups excluding tert-OH is 1. The van der Waals surface area contributed by atoms with Gasteiger partial charge in [0.1, 0.15) is 0 Å². The molecule has 1 aromatic rings. The summed E-state index contributed by atoms with van der Waals surface area (Å²) in [5, 5.41) is 14.0. The number of methoxy groups -OCH3 is 1. The van der Waals surface area contributed by atoms with Gasteiger partial charge < -0.3 is 15.2 Å².